The highest BCUT2D eigenvalue weighted by Crippen LogP contribution is 2.27. The van der Waals surface area contributed by atoms with Crippen molar-refractivity contribution in [2.24, 2.45) is 0 Å². The van der Waals surface area contributed by atoms with E-state index in [-0.39, 0.29) is 22.1 Å². The number of hydrogen-bond acceptors (Lipinski definition) is 4. The third-order valence-corrected chi connectivity index (χ3v) is 6.12. The lowest BCUT2D eigenvalue weighted by Gasteiger charge is -2.25. The van der Waals surface area contributed by atoms with E-state index in [4.69, 9.17) is 11.6 Å². The van der Waals surface area contributed by atoms with E-state index in [1.807, 2.05) is 0 Å². The zero-order chi connectivity index (χ0) is 19.8. The average Bonchev–Trinajstić information content (AvgIpc) is 2.72. The number of benzene rings is 2. The second-order valence-electron chi connectivity index (χ2n) is 6.41. The van der Waals surface area contributed by atoms with Crippen LogP contribution in [-0.4, -0.2) is 25.8 Å². The zero-order valence-electron chi connectivity index (χ0n) is 14.7. The molecular weight excluding hydrogens is 390 g/mol. The summed E-state index contributed by atoms with van der Waals surface area (Å²) < 4.78 is 27.7. The van der Waals surface area contributed by atoms with Gasteiger partial charge in [0.1, 0.15) is 5.54 Å². The summed E-state index contributed by atoms with van der Waals surface area (Å²) in [6.07, 6.45) is 0.391. The van der Waals surface area contributed by atoms with E-state index < -0.39 is 21.5 Å². The third kappa shape index (κ3) is 3.77. The second kappa shape index (κ2) is 6.86. The molecule has 0 saturated heterocycles. The van der Waals surface area contributed by atoms with Crippen molar-refractivity contribution in [3.63, 3.8) is 0 Å². The minimum atomic E-state index is -3.93. The van der Waals surface area contributed by atoms with E-state index in [1.165, 1.54) is 30.3 Å². The van der Waals surface area contributed by atoms with Gasteiger partial charge in [-0.2, -0.15) is 0 Å². The summed E-state index contributed by atoms with van der Waals surface area (Å²) in [4.78, 5) is 24.8. The van der Waals surface area contributed by atoms with Gasteiger partial charge in [-0.15, -0.1) is 0 Å². The number of nitrogens with one attached hydrogen (secondary N) is 3. The lowest BCUT2D eigenvalue weighted by Crippen LogP contribution is -2.52. The summed E-state index contributed by atoms with van der Waals surface area (Å²) in [6, 6.07) is 10.2. The highest BCUT2D eigenvalue weighted by Gasteiger charge is 2.37. The Labute approximate surface area is 162 Å². The first-order valence-corrected chi connectivity index (χ1v) is 10.1. The maximum absolute atomic E-state index is 12.6. The summed E-state index contributed by atoms with van der Waals surface area (Å²) in [5.74, 6) is -0.872. The lowest BCUT2D eigenvalue weighted by atomic mass is 9.98. The number of carbonyl (C=O) groups excluding carboxylic acids is 2. The fraction of sp³-hybridized carbons (Fsp3) is 0.222. The molecule has 0 saturated carbocycles. The van der Waals surface area contributed by atoms with Crippen LogP contribution >= 0.6 is 11.6 Å². The molecule has 1 atom stereocenters. The summed E-state index contributed by atoms with van der Waals surface area (Å²) in [5.41, 5.74) is -0.387. The van der Waals surface area contributed by atoms with Crippen LogP contribution in [0, 0.1) is 0 Å². The van der Waals surface area contributed by atoms with Gasteiger partial charge in [-0.25, -0.2) is 8.42 Å². The van der Waals surface area contributed by atoms with Gasteiger partial charge in [-0.1, -0.05) is 18.5 Å². The Hall–Kier alpha value is -2.58. The SMILES string of the molecule is CCC1(C)NC(=O)c2cc(S(=O)(=O)Nc3ccc(Cl)cc3)ccc2NC1=O. The van der Waals surface area contributed by atoms with E-state index in [9.17, 15) is 18.0 Å². The van der Waals surface area contributed by atoms with Gasteiger partial charge in [0.05, 0.1) is 16.1 Å². The Bertz CT molecular complexity index is 1020. The van der Waals surface area contributed by atoms with E-state index >= 15 is 0 Å². The highest BCUT2D eigenvalue weighted by molar-refractivity contribution is 7.92. The first kappa shape index (κ1) is 19.2. The Balaban J connectivity index is 1.96. The zero-order valence-corrected chi connectivity index (χ0v) is 16.2. The molecule has 2 amide bonds. The van der Waals surface area contributed by atoms with Crippen LogP contribution in [0.1, 0.15) is 30.6 Å². The quantitative estimate of drug-likeness (QED) is 0.724. The molecule has 3 N–H and O–H groups in total. The molecule has 0 fully saturated rings. The van der Waals surface area contributed by atoms with Gasteiger partial charge in [0.25, 0.3) is 15.9 Å². The van der Waals surface area contributed by atoms with Crippen LogP contribution < -0.4 is 15.4 Å². The van der Waals surface area contributed by atoms with Crippen LogP contribution in [0.5, 0.6) is 0 Å². The molecule has 142 valence electrons. The van der Waals surface area contributed by atoms with E-state index in [0.717, 1.165) is 0 Å². The molecule has 1 aliphatic heterocycles. The summed E-state index contributed by atoms with van der Waals surface area (Å²) in [7, 11) is -3.93. The monoisotopic (exact) mass is 407 g/mol. The molecule has 0 aliphatic carbocycles. The van der Waals surface area contributed by atoms with Gasteiger partial charge in [-0.05, 0) is 55.8 Å². The molecule has 1 unspecified atom stereocenters. The molecular formula is C18H18ClN3O4S. The molecule has 0 radical (unpaired) electrons. The highest BCUT2D eigenvalue weighted by atomic mass is 35.5. The number of hydrogen-bond donors (Lipinski definition) is 3. The predicted octanol–water partition coefficient (Wildman–Crippen LogP) is 2.99. The third-order valence-electron chi connectivity index (χ3n) is 4.49. The van der Waals surface area contributed by atoms with Crippen molar-refractivity contribution in [1.29, 1.82) is 0 Å². The average molecular weight is 408 g/mol. The van der Waals surface area contributed by atoms with Gasteiger partial charge >= 0.3 is 0 Å². The van der Waals surface area contributed by atoms with E-state index in [0.29, 0.717) is 17.1 Å². The second-order valence-corrected chi connectivity index (χ2v) is 8.53. The largest absolute Gasteiger partial charge is 0.338 e. The first-order chi connectivity index (χ1) is 12.6. The van der Waals surface area contributed by atoms with Crippen molar-refractivity contribution in [3.8, 4) is 0 Å². The van der Waals surface area contributed by atoms with Crippen LogP contribution in [0.3, 0.4) is 0 Å². The number of halogens is 1. The number of fused-ring (bicyclic) bond motifs is 1. The van der Waals surface area contributed by atoms with Crippen LogP contribution in [0.15, 0.2) is 47.4 Å². The van der Waals surface area contributed by atoms with Gasteiger partial charge in [0.15, 0.2) is 0 Å². The van der Waals surface area contributed by atoms with Crippen LogP contribution in [0.2, 0.25) is 5.02 Å². The Kier molecular flexibility index (Phi) is 4.88. The van der Waals surface area contributed by atoms with Crippen molar-refractivity contribution in [2.45, 2.75) is 30.7 Å². The molecule has 2 aromatic rings. The molecule has 0 aromatic heterocycles. The van der Waals surface area contributed by atoms with E-state index in [1.54, 1.807) is 26.0 Å². The molecule has 1 aliphatic rings. The topological polar surface area (TPSA) is 104 Å². The molecule has 3 rings (SSSR count). The summed E-state index contributed by atoms with van der Waals surface area (Å²) in [6.45, 7) is 3.40. The van der Waals surface area contributed by atoms with Gasteiger partial charge in [-0.3, -0.25) is 14.3 Å². The molecule has 27 heavy (non-hydrogen) atoms. The number of rotatable bonds is 4. The summed E-state index contributed by atoms with van der Waals surface area (Å²) in [5, 5.41) is 5.82. The smallest absolute Gasteiger partial charge is 0.261 e. The lowest BCUT2D eigenvalue weighted by molar-refractivity contribution is -0.121. The molecule has 0 bridgehead atoms. The molecule has 2 aromatic carbocycles. The van der Waals surface area contributed by atoms with Crippen molar-refractivity contribution in [3.05, 3.63) is 53.1 Å². The minimum Gasteiger partial charge on any atom is -0.338 e. The van der Waals surface area contributed by atoms with Gasteiger partial charge in [0, 0.05) is 10.7 Å². The molecule has 1 heterocycles. The standard InChI is InChI=1S/C18H18ClN3O4S/c1-3-18(2)17(24)20-15-9-8-13(10-14(15)16(23)21-18)27(25,26)22-12-6-4-11(19)5-7-12/h4-10,22H,3H2,1-2H3,(H,20,24)(H,21,23). The number of amides is 2. The normalized spacial score (nSPS) is 19.5. The minimum absolute atomic E-state index is 0.0829. The number of carbonyl (C=O) groups is 2. The van der Waals surface area contributed by atoms with Crippen LogP contribution in [0.25, 0.3) is 0 Å². The number of sulfonamides is 1. The van der Waals surface area contributed by atoms with Crippen molar-refractivity contribution < 1.29 is 18.0 Å². The van der Waals surface area contributed by atoms with Crippen LogP contribution in [-0.2, 0) is 14.8 Å². The van der Waals surface area contributed by atoms with Crippen molar-refractivity contribution in [2.75, 3.05) is 10.0 Å². The maximum Gasteiger partial charge on any atom is 0.261 e. The Morgan fingerprint density at radius 3 is 2.41 bits per heavy atom. The summed E-state index contributed by atoms with van der Waals surface area (Å²) >= 11 is 5.80. The molecule has 7 nitrogen and oxygen atoms in total. The van der Waals surface area contributed by atoms with Crippen molar-refractivity contribution in [1.82, 2.24) is 5.32 Å². The molecule has 9 heteroatoms. The fourth-order valence-electron chi connectivity index (χ4n) is 2.60. The number of anilines is 2. The Morgan fingerprint density at radius 1 is 1.11 bits per heavy atom. The fourth-order valence-corrected chi connectivity index (χ4v) is 3.81. The van der Waals surface area contributed by atoms with Crippen molar-refractivity contribution >= 4 is 44.8 Å². The van der Waals surface area contributed by atoms with Gasteiger partial charge < -0.3 is 10.6 Å². The van der Waals surface area contributed by atoms with Crippen LogP contribution in [0.4, 0.5) is 11.4 Å². The first-order valence-electron chi connectivity index (χ1n) is 8.21. The van der Waals surface area contributed by atoms with E-state index in [2.05, 4.69) is 15.4 Å². The predicted molar refractivity (Wildman–Crippen MR) is 103 cm³/mol. The van der Waals surface area contributed by atoms with Gasteiger partial charge in [0.2, 0.25) is 5.91 Å². The maximum atomic E-state index is 12.6. The molecule has 0 spiro atoms. The Morgan fingerprint density at radius 2 is 1.78 bits per heavy atom.